The van der Waals surface area contributed by atoms with E-state index in [4.69, 9.17) is 9.47 Å². The van der Waals surface area contributed by atoms with Crippen molar-refractivity contribution in [3.05, 3.63) is 23.8 Å². The molecule has 5 aliphatic rings. The third kappa shape index (κ3) is 3.70. The number of rotatable bonds is 7. The third-order valence-corrected chi connectivity index (χ3v) is 7.55. The van der Waals surface area contributed by atoms with Crippen LogP contribution in [0.25, 0.3) is 0 Å². The number of Topliss-reactive ketones (excluding diaryl/α,β-unsaturated/α-hetero) is 1. The minimum absolute atomic E-state index is 0.0311. The summed E-state index contributed by atoms with van der Waals surface area (Å²) in [5.41, 5.74) is 0.474. The first-order valence-electron chi connectivity index (χ1n) is 11.4. The number of fused-ring (bicyclic) bond motifs is 1. The second-order valence-corrected chi connectivity index (χ2v) is 9.90. The molecule has 0 radical (unpaired) electrons. The van der Waals surface area contributed by atoms with Crippen LogP contribution < -0.4 is 20.1 Å². The first-order chi connectivity index (χ1) is 14.5. The Hall–Kier alpha value is -2.08. The second-order valence-electron chi connectivity index (χ2n) is 9.90. The van der Waals surface area contributed by atoms with Gasteiger partial charge in [0.15, 0.2) is 17.3 Å². The Morgan fingerprint density at radius 3 is 2.43 bits per heavy atom. The van der Waals surface area contributed by atoms with Crippen molar-refractivity contribution in [3.63, 3.8) is 0 Å². The van der Waals surface area contributed by atoms with Crippen LogP contribution in [0.4, 0.5) is 0 Å². The highest BCUT2D eigenvalue weighted by atomic mass is 16.6. The van der Waals surface area contributed by atoms with Gasteiger partial charge in [0, 0.05) is 25.0 Å². The van der Waals surface area contributed by atoms with Crippen LogP contribution in [0.5, 0.6) is 11.5 Å². The van der Waals surface area contributed by atoms with E-state index in [0.717, 1.165) is 37.0 Å². The summed E-state index contributed by atoms with van der Waals surface area (Å²) < 4.78 is 11.8. The van der Waals surface area contributed by atoms with Gasteiger partial charge in [-0.3, -0.25) is 9.59 Å². The topological polar surface area (TPSA) is 76.7 Å². The Kier molecular flexibility index (Phi) is 5.21. The standard InChI is InChI=1S/C24H32N2O4/c1-15(27)20-3-2-4-21-22(20)30-19(14-29-21)13-25-5-6-26-23(28)24-10-16-7-17(11-24)9-18(8-16)12-24/h2-4,16-19,25H,5-14H2,1H3,(H,26,28). The molecule has 4 bridgehead atoms. The average molecular weight is 413 g/mol. The highest BCUT2D eigenvalue weighted by Gasteiger charge is 2.54. The summed E-state index contributed by atoms with van der Waals surface area (Å²) in [6.07, 6.45) is 7.21. The van der Waals surface area contributed by atoms with Crippen LogP contribution in [-0.2, 0) is 4.79 Å². The molecule has 30 heavy (non-hydrogen) atoms. The van der Waals surface area contributed by atoms with E-state index < -0.39 is 0 Å². The Bertz CT molecular complexity index is 801. The number of carbonyl (C=O) groups excluding carboxylic acids is 2. The van der Waals surface area contributed by atoms with Crippen LogP contribution >= 0.6 is 0 Å². The molecule has 4 fully saturated rings. The van der Waals surface area contributed by atoms with Crippen LogP contribution in [0.15, 0.2) is 18.2 Å². The largest absolute Gasteiger partial charge is 0.486 e. The van der Waals surface area contributed by atoms with Crippen LogP contribution in [0.2, 0.25) is 0 Å². The normalized spacial score (nSPS) is 33.4. The quantitative estimate of drug-likeness (QED) is 0.532. The molecule has 6 heteroatoms. The van der Waals surface area contributed by atoms with Gasteiger partial charge in [0.05, 0.1) is 5.56 Å². The molecular weight excluding hydrogens is 380 g/mol. The van der Waals surface area contributed by atoms with Crippen LogP contribution in [0.1, 0.15) is 55.8 Å². The SMILES string of the molecule is CC(=O)c1cccc2c1OC(CNCCNC(=O)C13CC4CC(CC(C4)C1)C3)CO2. The van der Waals surface area contributed by atoms with E-state index in [9.17, 15) is 9.59 Å². The molecule has 6 nitrogen and oxygen atoms in total. The van der Waals surface area contributed by atoms with Crippen molar-refractivity contribution in [1.29, 1.82) is 0 Å². The zero-order valence-corrected chi connectivity index (χ0v) is 17.7. The van der Waals surface area contributed by atoms with Crippen LogP contribution in [-0.4, -0.2) is 44.0 Å². The Morgan fingerprint density at radius 1 is 1.07 bits per heavy atom. The van der Waals surface area contributed by atoms with Gasteiger partial charge < -0.3 is 20.1 Å². The molecular formula is C24H32N2O4. The smallest absolute Gasteiger partial charge is 0.226 e. The maximum Gasteiger partial charge on any atom is 0.226 e. The molecule has 0 aromatic heterocycles. The number of ketones is 1. The van der Waals surface area contributed by atoms with Crippen molar-refractivity contribution in [1.82, 2.24) is 10.6 Å². The summed E-state index contributed by atoms with van der Waals surface area (Å²) in [7, 11) is 0. The zero-order chi connectivity index (χ0) is 20.7. The van der Waals surface area contributed by atoms with E-state index in [0.29, 0.717) is 43.3 Å². The highest BCUT2D eigenvalue weighted by Crippen LogP contribution is 2.60. The van der Waals surface area contributed by atoms with E-state index in [1.807, 2.05) is 12.1 Å². The molecule has 162 valence electrons. The number of nitrogens with one attached hydrogen (secondary N) is 2. The Labute approximate surface area is 178 Å². The fourth-order valence-corrected chi connectivity index (χ4v) is 6.62. The molecule has 6 rings (SSSR count). The Balaban J connectivity index is 1.07. The van der Waals surface area contributed by atoms with Gasteiger partial charge in [0.1, 0.15) is 12.7 Å². The molecule has 1 unspecified atom stereocenters. The van der Waals surface area contributed by atoms with E-state index in [-0.39, 0.29) is 23.2 Å². The predicted molar refractivity (Wildman–Crippen MR) is 113 cm³/mol. The van der Waals surface area contributed by atoms with Crippen molar-refractivity contribution >= 4 is 11.7 Å². The van der Waals surface area contributed by atoms with Gasteiger partial charge in [-0.1, -0.05) is 6.07 Å². The summed E-state index contributed by atoms with van der Waals surface area (Å²) in [4.78, 5) is 24.8. The predicted octanol–water partition coefficient (Wildman–Crippen LogP) is 2.95. The fourth-order valence-electron chi connectivity index (χ4n) is 6.62. The summed E-state index contributed by atoms with van der Waals surface area (Å²) in [6.45, 7) is 3.91. The number of amides is 1. The molecule has 1 atom stereocenters. The van der Waals surface area contributed by atoms with Gasteiger partial charge in [0.2, 0.25) is 5.91 Å². The maximum absolute atomic E-state index is 13.0. The highest BCUT2D eigenvalue weighted by molar-refractivity contribution is 5.97. The van der Waals surface area contributed by atoms with Crippen molar-refractivity contribution in [2.24, 2.45) is 23.2 Å². The minimum atomic E-state index is -0.156. The lowest BCUT2D eigenvalue weighted by molar-refractivity contribution is -0.146. The lowest BCUT2D eigenvalue weighted by atomic mass is 9.49. The number of hydrogen-bond donors (Lipinski definition) is 2. The summed E-state index contributed by atoms with van der Waals surface area (Å²) in [5.74, 6) is 3.76. The number of carbonyl (C=O) groups is 2. The van der Waals surface area contributed by atoms with Crippen LogP contribution in [0.3, 0.4) is 0 Å². The number of benzene rings is 1. The molecule has 1 aliphatic heterocycles. The third-order valence-electron chi connectivity index (χ3n) is 7.55. The molecule has 2 N–H and O–H groups in total. The second kappa shape index (κ2) is 7.88. The van der Waals surface area contributed by atoms with Gasteiger partial charge in [-0.15, -0.1) is 0 Å². The van der Waals surface area contributed by atoms with Gasteiger partial charge >= 0.3 is 0 Å². The number of hydrogen-bond acceptors (Lipinski definition) is 5. The number of para-hydroxylation sites is 1. The monoisotopic (exact) mass is 412 g/mol. The van der Waals surface area contributed by atoms with E-state index in [2.05, 4.69) is 10.6 Å². The average Bonchev–Trinajstić information content (AvgIpc) is 2.71. The van der Waals surface area contributed by atoms with Crippen molar-refractivity contribution in [2.75, 3.05) is 26.2 Å². The van der Waals surface area contributed by atoms with Crippen molar-refractivity contribution < 1.29 is 19.1 Å². The minimum Gasteiger partial charge on any atom is -0.486 e. The molecule has 1 aromatic carbocycles. The summed E-state index contributed by atoms with van der Waals surface area (Å²) >= 11 is 0. The molecule has 1 amide bonds. The lowest BCUT2D eigenvalue weighted by Gasteiger charge is -2.55. The van der Waals surface area contributed by atoms with Gasteiger partial charge in [-0.05, 0) is 75.3 Å². The molecule has 0 spiro atoms. The molecule has 1 aromatic rings. The van der Waals surface area contributed by atoms with Gasteiger partial charge in [-0.2, -0.15) is 0 Å². The summed E-state index contributed by atoms with van der Waals surface area (Å²) in [5, 5.41) is 6.56. The number of ether oxygens (including phenoxy) is 2. The lowest BCUT2D eigenvalue weighted by Crippen LogP contribution is -2.54. The van der Waals surface area contributed by atoms with Gasteiger partial charge in [0.25, 0.3) is 0 Å². The van der Waals surface area contributed by atoms with Gasteiger partial charge in [-0.25, -0.2) is 0 Å². The fraction of sp³-hybridized carbons (Fsp3) is 0.667. The summed E-state index contributed by atoms with van der Waals surface area (Å²) in [6, 6.07) is 5.40. The molecule has 0 saturated heterocycles. The van der Waals surface area contributed by atoms with E-state index in [1.165, 1.54) is 26.2 Å². The first kappa shape index (κ1) is 19.9. The van der Waals surface area contributed by atoms with E-state index in [1.54, 1.807) is 6.07 Å². The molecule has 1 heterocycles. The zero-order valence-electron chi connectivity index (χ0n) is 17.7. The first-order valence-corrected chi connectivity index (χ1v) is 11.4. The maximum atomic E-state index is 13.0. The Morgan fingerprint density at radius 2 is 1.77 bits per heavy atom. The molecule has 4 aliphatic carbocycles. The van der Waals surface area contributed by atoms with Crippen LogP contribution in [0, 0.1) is 23.2 Å². The van der Waals surface area contributed by atoms with Crippen molar-refractivity contribution in [3.8, 4) is 11.5 Å². The van der Waals surface area contributed by atoms with E-state index >= 15 is 0 Å². The molecule has 4 saturated carbocycles. The van der Waals surface area contributed by atoms with Crippen molar-refractivity contribution in [2.45, 2.75) is 51.6 Å².